The molecule has 32 heavy (non-hydrogen) atoms. The molecule has 28 heteroatoms. The van der Waals surface area contributed by atoms with E-state index in [0.29, 0.717) is 0 Å². The van der Waals surface area contributed by atoms with Crippen LogP contribution in [0.1, 0.15) is 0 Å². The fourth-order valence-electron chi connectivity index (χ4n) is 0.427. The minimum atomic E-state index is -6.72. The number of alkyl halides is 12. The summed E-state index contributed by atoms with van der Waals surface area (Å²) in [5.74, 6) is 0. The number of rotatable bonds is 4. The molecule has 10 nitrogen and oxygen atoms in total. The first-order valence-corrected chi connectivity index (χ1v) is 10.9. The van der Waals surface area contributed by atoms with E-state index in [1.807, 2.05) is 0 Å². The van der Waals surface area contributed by atoms with Gasteiger partial charge in [0.05, 0.1) is 0 Å². The molecule has 0 spiro atoms. The topological polar surface area (TPSA) is 165 Å². The molecule has 0 rings (SSSR count). The Morgan fingerprint density at radius 3 is 0.500 bits per heavy atom. The van der Waals surface area contributed by atoms with Crippen LogP contribution >= 0.6 is 0 Å². The van der Waals surface area contributed by atoms with Gasteiger partial charge >= 0.3 is 160 Å². The molecule has 0 N–H and O–H groups in total. The van der Waals surface area contributed by atoms with E-state index in [-0.39, 0.29) is 138 Å². The Balaban J connectivity index is -0.000000231. The monoisotopic (exact) mass is 826 g/mol. The molecule has 0 unspecified atom stereocenters. The van der Waals surface area contributed by atoms with Gasteiger partial charge in [0.15, 0.2) is 40.1 Å². The second-order valence-corrected chi connectivity index (χ2v) is 10.7. The summed E-state index contributed by atoms with van der Waals surface area (Å²) < 4.78 is 218. The second-order valence-electron chi connectivity index (χ2n) is 3.83. The number of nitrogens with zero attached hydrogens (tertiary/aromatic N) is 2. The fraction of sp³-hybridized carbons (Fsp3) is 1.00. The smallest absolute Gasteiger partial charge is 0.421 e. The summed E-state index contributed by atoms with van der Waals surface area (Å²) in [4.78, 5) is 0. The molecule has 0 aromatic carbocycles. The quantitative estimate of drug-likeness (QED) is 0.260. The summed E-state index contributed by atoms with van der Waals surface area (Å²) in [7, 11) is -26.9. The normalized spacial score (nSPS) is 14.4. The zero-order valence-corrected chi connectivity index (χ0v) is 30.2. The van der Waals surface area contributed by atoms with Gasteiger partial charge in [0.1, 0.15) is 0 Å². The third kappa shape index (κ3) is 13.0. The Labute approximate surface area is 288 Å². The van der Waals surface area contributed by atoms with Gasteiger partial charge in [-0.3, -0.25) is 0 Å². The average Bonchev–Trinajstić information content (AvgIpc) is 2.30. The van der Waals surface area contributed by atoms with E-state index in [4.69, 9.17) is 0 Å². The van der Waals surface area contributed by atoms with Crippen LogP contribution < -0.4 is 138 Å². The largest absolute Gasteiger partial charge is 1.00 e. The van der Waals surface area contributed by atoms with E-state index in [1.165, 1.54) is 0 Å². The minimum Gasteiger partial charge on any atom is -0.421 e. The summed E-state index contributed by atoms with van der Waals surface area (Å²) in [5.41, 5.74) is -24.8. The van der Waals surface area contributed by atoms with Crippen LogP contribution in [-0.2, 0) is 40.1 Å². The predicted octanol–water partition coefficient (Wildman–Crippen LogP) is -3.87. The molecule has 0 aromatic heterocycles. The van der Waals surface area contributed by atoms with E-state index >= 15 is 0 Å². The summed E-state index contributed by atoms with van der Waals surface area (Å²) in [5, 5.41) is 0. The molecule has 0 saturated heterocycles. The number of sulfonamides is 4. The van der Waals surface area contributed by atoms with Crippen LogP contribution in [0, 0.1) is 0 Å². The van der Waals surface area contributed by atoms with Gasteiger partial charge in [-0.15, -0.1) is 0 Å². The number of hydrogen-bond donors (Lipinski definition) is 0. The van der Waals surface area contributed by atoms with Crippen LogP contribution in [0.3, 0.4) is 0 Å². The molecular formula is C4Cs2F12N2O8S4. The molecule has 0 heterocycles. The Morgan fingerprint density at radius 2 is 0.438 bits per heavy atom. The molecule has 0 fully saturated rings. The molecule has 0 atom stereocenters. The van der Waals surface area contributed by atoms with Gasteiger partial charge in [0.25, 0.3) is 0 Å². The van der Waals surface area contributed by atoms with Crippen LogP contribution in [0.2, 0.25) is 0 Å². The van der Waals surface area contributed by atoms with Gasteiger partial charge < -0.3 is 8.25 Å². The van der Waals surface area contributed by atoms with Gasteiger partial charge in [-0.1, -0.05) is 0 Å². The van der Waals surface area contributed by atoms with Gasteiger partial charge in [0.2, 0.25) is 0 Å². The summed E-state index contributed by atoms with van der Waals surface area (Å²) >= 11 is 0. The molecule has 0 bridgehead atoms. The molecule has 0 amide bonds. The number of halogens is 12. The maximum absolute atomic E-state index is 11.4. The molecular weight excluding hydrogens is 826 g/mol. The molecule has 0 radical (unpaired) electrons. The van der Waals surface area contributed by atoms with Crippen molar-refractivity contribution in [1.82, 2.24) is 0 Å². The fourth-order valence-corrected chi connectivity index (χ4v) is 3.85. The first-order chi connectivity index (χ1) is 12.4. The van der Waals surface area contributed by atoms with Gasteiger partial charge in [0, 0.05) is 0 Å². The molecule has 0 aliphatic carbocycles. The van der Waals surface area contributed by atoms with Crippen molar-refractivity contribution in [3.8, 4) is 0 Å². The van der Waals surface area contributed by atoms with Crippen LogP contribution in [0.15, 0.2) is 0 Å². The summed E-state index contributed by atoms with van der Waals surface area (Å²) in [6.07, 6.45) is 0. The van der Waals surface area contributed by atoms with Gasteiger partial charge in [-0.05, 0) is 0 Å². The Bertz CT molecular complexity index is 866. The first-order valence-electron chi connectivity index (χ1n) is 5.15. The van der Waals surface area contributed by atoms with Crippen molar-refractivity contribution in [3.05, 3.63) is 8.25 Å². The van der Waals surface area contributed by atoms with Gasteiger partial charge in [-0.25, -0.2) is 33.7 Å². The zero-order valence-electron chi connectivity index (χ0n) is 14.3. The van der Waals surface area contributed by atoms with Crippen molar-refractivity contribution in [2.45, 2.75) is 22.0 Å². The standard InChI is InChI=1S/2C2F6NO4S2.2Cs/c2*3-1(4,5)14(10,11)9-15(12,13)2(6,7)8;;/q2*-1;2*+1. The third-order valence-corrected chi connectivity index (χ3v) is 7.04. The summed E-state index contributed by atoms with van der Waals surface area (Å²) in [6.45, 7) is 0. The minimum absolute atomic E-state index is 0. The van der Waals surface area contributed by atoms with Crippen LogP contribution in [-0.4, -0.2) is 55.7 Å². The van der Waals surface area contributed by atoms with Crippen molar-refractivity contribution >= 4 is 40.1 Å². The molecule has 0 saturated carbocycles. The maximum Gasteiger partial charge on any atom is 1.00 e. The van der Waals surface area contributed by atoms with E-state index in [0.717, 1.165) is 8.25 Å². The molecule has 0 aliphatic heterocycles. The van der Waals surface area contributed by atoms with E-state index in [9.17, 15) is 86.4 Å². The molecule has 0 aromatic rings. The Morgan fingerprint density at radius 1 is 0.344 bits per heavy atom. The predicted molar refractivity (Wildman–Crippen MR) is 66.6 cm³/mol. The van der Waals surface area contributed by atoms with Gasteiger partial charge in [-0.2, -0.15) is 52.7 Å². The van der Waals surface area contributed by atoms with Crippen molar-refractivity contribution in [2.75, 3.05) is 0 Å². The van der Waals surface area contributed by atoms with Crippen molar-refractivity contribution in [2.24, 2.45) is 0 Å². The Hall–Kier alpha value is 2.98. The maximum atomic E-state index is 11.4. The van der Waals surface area contributed by atoms with E-state index in [1.54, 1.807) is 0 Å². The number of hydrogen-bond acceptors (Lipinski definition) is 8. The van der Waals surface area contributed by atoms with Crippen LogP contribution in [0.4, 0.5) is 52.7 Å². The molecule has 0 aliphatic rings. The zero-order chi connectivity index (χ0) is 25.4. The van der Waals surface area contributed by atoms with Crippen molar-refractivity contribution in [3.63, 3.8) is 0 Å². The van der Waals surface area contributed by atoms with E-state index < -0.39 is 62.1 Å². The van der Waals surface area contributed by atoms with Crippen LogP contribution in [0.25, 0.3) is 8.25 Å². The molecule has 184 valence electrons. The average molecular weight is 826 g/mol. The Kier molecular flexibility index (Phi) is 17.3. The third-order valence-electron chi connectivity index (χ3n) is 1.56. The van der Waals surface area contributed by atoms with Crippen molar-refractivity contribution in [1.29, 1.82) is 0 Å². The second kappa shape index (κ2) is 13.2. The van der Waals surface area contributed by atoms with Crippen molar-refractivity contribution < 1.29 is 224 Å². The van der Waals surface area contributed by atoms with E-state index in [2.05, 4.69) is 0 Å². The SMILES string of the molecule is O=S(=O)([N-]S(=O)(=O)C(F)(F)F)C(F)(F)F.O=S(=O)([N-]S(=O)(=O)C(F)(F)F)C(F)(F)F.[Cs+].[Cs+]. The van der Waals surface area contributed by atoms with Crippen LogP contribution in [0.5, 0.6) is 0 Å². The summed E-state index contributed by atoms with van der Waals surface area (Å²) in [6, 6.07) is 0. The first kappa shape index (κ1) is 42.1.